The molecule has 3 heterocycles. The van der Waals surface area contributed by atoms with Crippen LogP contribution in [-0.2, 0) is 0 Å². The lowest BCUT2D eigenvalue weighted by atomic mass is 9.94. The summed E-state index contributed by atoms with van der Waals surface area (Å²) >= 11 is 1.82. The molecule has 0 aliphatic heterocycles. The molecule has 0 saturated carbocycles. The Bertz CT molecular complexity index is 3030. The van der Waals surface area contributed by atoms with Gasteiger partial charge in [0.2, 0.25) is 0 Å². The third kappa shape index (κ3) is 5.56. The Labute approximate surface area is 311 Å². The molecule has 7 aromatic carbocycles. The van der Waals surface area contributed by atoms with E-state index in [2.05, 4.69) is 166 Å². The third-order valence-corrected chi connectivity index (χ3v) is 11.7. The van der Waals surface area contributed by atoms with Gasteiger partial charge in [-0.1, -0.05) is 109 Å². The van der Waals surface area contributed by atoms with Crippen molar-refractivity contribution >= 4 is 53.2 Å². The van der Waals surface area contributed by atoms with Crippen molar-refractivity contribution in [3.05, 3.63) is 175 Å². The van der Waals surface area contributed by atoms with E-state index in [9.17, 15) is 0 Å². The maximum Gasteiger partial charge on any atom is 0.160 e. The van der Waals surface area contributed by atoms with E-state index >= 15 is 0 Å². The van der Waals surface area contributed by atoms with E-state index in [0.29, 0.717) is 5.82 Å². The molecule has 0 amide bonds. The molecule has 4 heteroatoms. The van der Waals surface area contributed by atoms with Gasteiger partial charge in [0.05, 0.1) is 21.6 Å². The first-order chi connectivity index (χ1) is 26.1. The molecule has 0 N–H and O–H groups in total. The monoisotopic (exact) mass is 695 g/mol. The Morgan fingerprint density at radius 2 is 1.08 bits per heavy atom. The molecule has 0 atom stereocenters. The van der Waals surface area contributed by atoms with Gasteiger partial charge in [0.25, 0.3) is 0 Å². The van der Waals surface area contributed by atoms with Gasteiger partial charge in [-0.2, -0.15) is 0 Å². The maximum atomic E-state index is 5.32. The van der Waals surface area contributed by atoms with Gasteiger partial charge in [0, 0.05) is 38.5 Å². The lowest BCUT2D eigenvalue weighted by Gasteiger charge is -2.14. The fraction of sp³-hybridized carbons (Fsp3) is 0.0408. The van der Waals surface area contributed by atoms with Crippen LogP contribution in [0.3, 0.4) is 0 Å². The number of nitrogens with zero attached hydrogens (tertiary/aromatic N) is 3. The third-order valence-electron chi connectivity index (χ3n) is 10.5. The normalized spacial score (nSPS) is 11.6. The zero-order valence-electron chi connectivity index (χ0n) is 29.3. The van der Waals surface area contributed by atoms with E-state index < -0.39 is 0 Å². The second-order valence-electron chi connectivity index (χ2n) is 13.8. The minimum absolute atomic E-state index is 0.687. The predicted molar refractivity (Wildman–Crippen MR) is 224 cm³/mol. The zero-order valence-corrected chi connectivity index (χ0v) is 30.2. The van der Waals surface area contributed by atoms with E-state index in [-0.39, 0.29) is 0 Å². The summed E-state index contributed by atoms with van der Waals surface area (Å²) in [7, 11) is 0. The summed E-state index contributed by atoms with van der Waals surface area (Å²) in [6.07, 6.45) is 1.96. The molecule has 0 saturated heterocycles. The van der Waals surface area contributed by atoms with Crippen LogP contribution in [0.25, 0.3) is 98.0 Å². The van der Waals surface area contributed by atoms with E-state index in [0.717, 1.165) is 55.8 Å². The van der Waals surface area contributed by atoms with Crippen LogP contribution >= 0.6 is 11.3 Å². The number of rotatable bonds is 5. The van der Waals surface area contributed by atoms with Gasteiger partial charge in [-0.25, -0.2) is 9.97 Å². The summed E-state index contributed by atoms with van der Waals surface area (Å²) in [5.41, 5.74) is 13.0. The number of pyridine rings is 1. The predicted octanol–water partition coefficient (Wildman–Crippen LogP) is 13.5. The molecule has 0 aliphatic carbocycles. The van der Waals surface area contributed by atoms with Crippen molar-refractivity contribution in [3.63, 3.8) is 0 Å². The summed E-state index contributed by atoms with van der Waals surface area (Å²) in [4.78, 5) is 15.6. The SMILES string of the molecule is Cc1ccc2sc3c(-c4cc(-c5ccc6ccccc6c5)cc(-c5nc(-c6ccccc6)cc(-c6ccc7ccccc7c6)n5)c4)ccnc3c2c1C. The Morgan fingerprint density at radius 3 is 1.83 bits per heavy atom. The largest absolute Gasteiger partial charge is 0.255 e. The molecule has 250 valence electrons. The zero-order chi connectivity index (χ0) is 35.5. The molecule has 3 aromatic heterocycles. The lowest BCUT2D eigenvalue weighted by molar-refractivity contribution is 1.18. The minimum Gasteiger partial charge on any atom is -0.255 e. The number of hydrogen-bond donors (Lipinski definition) is 0. The van der Waals surface area contributed by atoms with Gasteiger partial charge >= 0.3 is 0 Å². The van der Waals surface area contributed by atoms with Crippen LogP contribution in [0.4, 0.5) is 0 Å². The lowest BCUT2D eigenvalue weighted by Crippen LogP contribution is -1.97. The van der Waals surface area contributed by atoms with Crippen LogP contribution in [-0.4, -0.2) is 15.0 Å². The van der Waals surface area contributed by atoms with Crippen molar-refractivity contribution in [3.8, 4) is 56.2 Å². The molecular weight excluding hydrogens is 663 g/mol. The highest BCUT2D eigenvalue weighted by molar-refractivity contribution is 7.26. The van der Waals surface area contributed by atoms with Gasteiger partial charge < -0.3 is 0 Å². The molecule has 0 aliphatic rings. The summed E-state index contributed by atoms with van der Waals surface area (Å²) in [6.45, 7) is 4.39. The Hall–Kier alpha value is -6.49. The fourth-order valence-electron chi connectivity index (χ4n) is 7.51. The van der Waals surface area contributed by atoms with Crippen molar-refractivity contribution in [2.75, 3.05) is 0 Å². The molecule has 0 bridgehead atoms. The molecule has 10 aromatic rings. The average Bonchev–Trinajstić information content (AvgIpc) is 3.61. The van der Waals surface area contributed by atoms with Crippen molar-refractivity contribution in [1.29, 1.82) is 0 Å². The van der Waals surface area contributed by atoms with E-state index in [4.69, 9.17) is 15.0 Å². The highest BCUT2D eigenvalue weighted by Crippen LogP contribution is 2.43. The van der Waals surface area contributed by atoms with Gasteiger partial charge in [0.15, 0.2) is 5.82 Å². The first-order valence-electron chi connectivity index (χ1n) is 17.9. The summed E-state index contributed by atoms with van der Waals surface area (Å²) in [5.74, 6) is 0.687. The van der Waals surface area contributed by atoms with Crippen LogP contribution < -0.4 is 0 Å². The molecule has 0 spiro atoms. The molecule has 3 nitrogen and oxygen atoms in total. The molecule has 0 radical (unpaired) electrons. The second kappa shape index (κ2) is 12.6. The minimum atomic E-state index is 0.687. The number of fused-ring (bicyclic) bond motifs is 5. The molecule has 53 heavy (non-hydrogen) atoms. The summed E-state index contributed by atoms with van der Waals surface area (Å²) in [5, 5.41) is 6.06. The number of thiophene rings is 1. The quantitative estimate of drug-likeness (QED) is 0.180. The van der Waals surface area contributed by atoms with Gasteiger partial charge in [-0.3, -0.25) is 4.98 Å². The van der Waals surface area contributed by atoms with Crippen molar-refractivity contribution in [2.24, 2.45) is 0 Å². The molecule has 10 rings (SSSR count). The van der Waals surface area contributed by atoms with Crippen LogP contribution in [0.15, 0.2) is 164 Å². The number of benzene rings is 7. The van der Waals surface area contributed by atoms with Crippen molar-refractivity contribution in [1.82, 2.24) is 15.0 Å². The topological polar surface area (TPSA) is 38.7 Å². The number of hydrogen-bond acceptors (Lipinski definition) is 4. The second-order valence-corrected chi connectivity index (χ2v) is 14.8. The van der Waals surface area contributed by atoms with Gasteiger partial charge in [0.1, 0.15) is 0 Å². The Morgan fingerprint density at radius 1 is 0.453 bits per heavy atom. The molecule has 0 unspecified atom stereocenters. The number of aromatic nitrogens is 3. The van der Waals surface area contributed by atoms with Gasteiger partial charge in [-0.05, 0) is 112 Å². The highest BCUT2D eigenvalue weighted by atomic mass is 32.1. The Balaban J connectivity index is 1.23. The maximum absolute atomic E-state index is 5.32. The fourth-order valence-corrected chi connectivity index (χ4v) is 8.77. The standard InChI is InChI=1S/C49H33N3S/c1-30-16-21-45-46(31(30)2)47-48(53-45)42(22-23-50-47)40-26-39(37-19-17-32-10-6-8-14-35(32)24-37)27-41(28-40)49-51-43(34-12-4-3-5-13-34)29-44(52-49)38-20-18-33-11-7-9-15-36(33)25-38/h3-29H,1-2H3. The molecular formula is C49H33N3S. The average molecular weight is 696 g/mol. The smallest absolute Gasteiger partial charge is 0.160 e. The first-order valence-corrected chi connectivity index (χ1v) is 18.7. The Kier molecular flexibility index (Phi) is 7.45. The van der Waals surface area contributed by atoms with Crippen LogP contribution in [0.1, 0.15) is 11.1 Å². The van der Waals surface area contributed by atoms with E-state index in [1.165, 1.54) is 47.5 Å². The molecule has 0 fully saturated rings. The number of aryl methyl sites for hydroxylation is 2. The van der Waals surface area contributed by atoms with Crippen molar-refractivity contribution in [2.45, 2.75) is 13.8 Å². The van der Waals surface area contributed by atoms with Crippen LogP contribution in [0.2, 0.25) is 0 Å². The highest BCUT2D eigenvalue weighted by Gasteiger charge is 2.18. The van der Waals surface area contributed by atoms with Gasteiger partial charge in [-0.15, -0.1) is 11.3 Å². The summed E-state index contributed by atoms with van der Waals surface area (Å²) < 4.78 is 2.45. The van der Waals surface area contributed by atoms with Crippen molar-refractivity contribution < 1.29 is 0 Å². The van der Waals surface area contributed by atoms with E-state index in [1.807, 2.05) is 23.6 Å². The van der Waals surface area contributed by atoms with E-state index in [1.54, 1.807) is 0 Å². The first kappa shape index (κ1) is 31.3. The van der Waals surface area contributed by atoms with Crippen LogP contribution in [0.5, 0.6) is 0 Å². The van der Waals surface area contributed by atoms with Crippen LogP contribution in [0, 0.1) is 13.8 Å². The summed E-state index contributed by atoms with van der Waals surface area (Å²) in [6, 6.07) is 56.3.